The predicted molar refractivity (Wildman–Crippen MR) is 82.6 cm³/mol. The topological polar surface area (TPSA) is 0 Å². The van der Waals surface area contributed by atoms with E-state index in [9.17, 15) is 0 Å². The molecule has 1 aromatic carbocycles. The summed E-state index contributed by atoms with van der Waals surface area (Å²) in [5, 5.41) is 0. The van der Waals surface area contributed by atoms with Gasteiger partial charge in [-0.05, 0) is 62.0 Å². The lowest BCUT2D eigenvalue weighted by Crippen LogP contribution is -1.91. The van der Waals surface area contributed by atoms with Gasteiger partial charge in [-0.1, -0.05) is 49.4 Å². The maximum Gasteiger partial charge on any atom is -0.0195 e. The number of benzene rings is 1. The molecular weight excluding hydrogens is 216 g/mol. The monoisotopic (exact) mass is 240 g/mol. The van der Waals surface area contributed by atoms with Gasteiger partial charge in [0, 0.05) is 0 Å². The lowest BCUT2D eigenvalue weighted by Gasteiger charge is -2.11. The normalized spacial score (nSPS) is 13.9. The summed E-state index contributed by atoms with van der Waals surface area (Å²) in [7, 11) is 0. The van der Waals surface area contributed by atoms with Crippen LogP contribution in [0.15, 0.2) is 53.6 Å². The maximum absolute atomic E-state index is 2.22. The molecule has 1 rings (SSSR count). The van der Waals surface area contributed by atoms with Gasteiger partial charge < -0.3 is 0 Å². The van der Waals surface area contributed by atoms with Gasteiger partial charge in [-0.15, -0.1) is 0 Å². The van der Waals surface area contributed by atoms with Crippen LogP contribution in [-0.2, 0) is 0 Å². The zero-order valence-electron chi connectivity index (χ0n) is 12.2. The van der Waals surface area contributed by atoms with Crippen molar-refractivity contribution >= 4 is 5.57 Å². The van der Waals surface area contributed by atoms with E-state index in [0.29, 0.717) is 0 Å². The molecule has 0 radical (unpaired) electrons. The molecule has 0 saturated carbocycles. The van der Waals surface area contributed by atoms with Crippen molar-refractivity contribution in [1.29, 1.82) is 0 Å². The Labute approximate surface area is 112 Å². The first-order valence-electron chi connectivity index (χ1n) is 6.68. The van der Waals surface area contributed by atoms with Gasteiger partial charge in [0.2, 0.25) is 0 Å². The first kappa shape index (κ1) is 14.5. The van der Waals surface area contributed by atoms with Crippen LogP contribution in [0.5, 0.6) is 0 Å². The smallest absolute Gasteiger partial charge is 0.0195 e. The molecule has 0 heteroatoms. The van der Waals surface area contributed by atoms with Gasteiger partial charge in [0.15, 0.2) is 0 Å². The molecule has 0 unspecified atom stereocenters. The summed E-state index contributed by atoms with van der Waals surface area (Å²) in [4.78, 5) is 0. The van der Waals surface area contributed by atoms with Crippen LogP contribution in [0.25, 0.3) is 5.57 Å². The lowest BCUT2D eigenvalue weighted by molar-refractivity contribution is 1.21. The molecule has 0 aliphatic carbocycles. The fourth-order valence-corrected chi connectivity index (χ4v) is 2.09. The van der Waals surface area contributed by atoms with Gasteiger partial charge in [0.05, 0.1) is 0 Å². The van der Waals surface area contributed by atoms with Crippen molar-refractivity contribution in [3.63, 3.8) is 0 Å². The van der Waals surface area contributed by atoms with Crippen molar-refractivity contribution < 1.29 is 0 Å². The highest BCUT2D eigenvalue weighted by molar-refractivity contribution is 5.73. The summed E-state index contributed by atoms with van der Waals surface area (Å²) in [5.41, 5.74) is 6.72. The van der Waals surface area contributed by atoms with E-state index in [1.165, 1.54) is 27.8 Å². The van der Waals surface area contributed by atoms with Crippen molar-refractivity contribution in [3.05, 3.63) is 64.8 Å². The Hall–Kier alpha value is -1.56. The number of aryl methyl sites for hydroxylation is 1. The van der Waals surface area contributed by atoms with Crippen molar-refractivity contribution in [3.8, 4) is 0 Å². The van der Waals surface area contributed by atoms with Gasteiger partial charge in [0.1, 0.15) is 0 Å². The Balaban J connectivity index is 3.20. The Kier molecular flexibility index (Phi) is 5.64. The first-order valence-corrected chi connectivity index (χ1v) is 6.68. The molecule has 0 bridgehead atoms. The van der Waals surface area contributed by atoms with Crippen LogP contribution < -0.4 is 0 Å². The van der Waals surface area contributed by atoms with Gasteiger partial charge in [-0.2, -0.15) is 0 Å². The largest absolute Gasteiger partial charge is 0.0842 e. The number of allylic oxidation sites excluding steroid dienone is 6. The molecule has 96 valence electrons. The third kappa shape index (κ3) is 3.46. The third-order valence-corrected chi connectivity index (χ3v) is 3.39. The molecule has 0 aliphatic rings. The van der Waals surface area contributed by atoms with Crippen molar-refractivity contribution in [2.24, 2.45) is 0 Å². The average Bonchev–Trinajstić information content (AvgIpc) is 2.39. The molecule has 1 aromatic rings. The molecule has 0 spiro atoms. The molecule has 18 heavy (non-hydrogen) atoms. The average molecular weight is 240 g/mol. The van der Waals surface area contributed by atoms with Gasteiger partial charge in [0.25, 0.3) is 0 Å². The highest BCUT2D eigenvalue weighted by Crippen LogP contribution is 2.26. The van der Waals surface area contributed by atoms with E-state index in [2.05, 4.69) is 77.1 Å². The van der Waals surface area contributed by atoms with Crippen molar-refractivity contribution in [2.75, 3.05) is 0 Å². The van der Waals surface area contributed by atoms with E-state index in [-0.39, 0.29) is 0 Å². The Morgan fingerprint density at radius 1 is 1.17 bits per heavy atom. The number of hydrogen-bond acceptors (Lipinski definition) is 0. The van der Waals surface area contributed by atoms with Gasteiger partial charge in [-0.3, -0.25) is 0 Å². The third-order valence-electron chi connectivity index (χ3n) is 3.39. The summed E-state index contributed by atoms with van der Waals surface area (Å²) in [6, 6.07) is 8.57. The van der Waals surface area contributed by atoms with Crippen LogP contribution in [0.1, 0.15) is 45.2 Å². The maximum atomic E-state index is 2.22. The van der Waals surface area contributed by atoms with Crippen LogP contribution in [0.4, 0.5) is 0 Å². The number of hydrogen-bond donors (Lipinski definition) is 0. The molecule has 0 heterocycles. The second-order valence-corrected chi connectivity index (χ2v) is 4.62. The molecular formula is C18H24. The Morgan fingerprint density at radius 2 is 1.83 bits per heavy atom. The van der Waals surface area contributed by atoms with Crippen LogP contribution in [0.2, 0.25) is 0 Å². The molecule has 0 atom stereocenters. The fraction of sp³-hybridized carbons (Fsp3) is 0.333. The van der Waals surface area contributed by atoms with Crippen LogP contribution in [0, 0.1) is 6.92 Å². The Bertz CT molecular complexity index is 485. The molecule has 0 amide bonds. The van der Waals surface area contributed by atoms with E-state index in [4.69, 9.17) is 0 Å². The molecule has 0 aliphatic heterocycles. The van der Waals surface area contributed by atoms with Crippen LogP contribution in [-0.4, -0.2) is 0 Å². The number of rotatable bonds is 4. The predicted octanol–water partition coefficient (Wildman–Crippen LogP) is 5.70. The van der Waals surface area contributed by atoms with E-state index >= 15 is 0 Å². The van der Waals surface area contributed by atoms with Gasteiger partial charge >= 0.3 is 0 Å². The van der Waals surface area contributed by atoms with Crippen molar-refractivity contribution in [1.82, 2.24) is 0 Å². The van der Waals surface area contributed by atoms with Crippen molar-refractivity contribution in [2.45, 2.75) is 41.0 Å². The van der Waals surface area contributed by atoms with E-state index in [1.807, 2.05) is 0 Å². The van der Waals surface area contributed by atoms with Gasteiger partial charge in [-0.25, -0.2) is 0 Å². The quantitative estimate of drug-likeness (QED) is 0.592. The summed E-state index contributed by atoms with van der Waals surface area (Å²) in [6.07, 6.45) is 7.69. The molecule has 0 nitrogen and oxygen atoms in total. The first-order chi connectivity index (χ1) is 8.61. The van der Waals surface area contributed by atoms with E-state index in [0.717, 1.165) is 6.42 Å². The Morgan fingerprint density at radius 3 is 2.39 bits per heavy atom. The second-order valence-electron chi connectivity index (χ2n) is 4.62. The van der Waals surface area contributed by atoms with E-state index < -0.39 is 0 Å². The molecule has 0 saturated heterocycles. The minimum atomic E-state index is 1.08. The minimum absolute atomic E-state index is 1.08. The SMILES string of the molecule is C/C=C(\C=C\CC)C(/C)=C(\C)c1ccccc1C. The highest BCUT2D eigenvalue weighted by Gasteiger charge is 2.05. The molecule has 0 fully saturated rings. The fourth-order valence-electron chi connectivity index (χ4n) is 2.09. The lowest BCUT2D eigenvalue weighted by atomic mass is 9.94. The second kappa shape index (κ2) is 7.00. The zero-order chi connectivity index (χ0) is 13.5. The van der Waals surface area contributed by atoms with E-state index in [1.54, 1.807) is 0 Å². The summed E-state index contributed by atoms with van der Waals surface area (Å²) >= 11 is 0. The summed E-state index contributed by atoms with van der Waals surface area (Å²) in [5.74, 6) is 0. The highest BCUT2D eigenvalue weighted by atomic mass is 14.1. The van der Waals surface area contributed by atoms with Crippen LogP contribution >= 0.6 is 0 Å². The molecule has 0 N–H and O–H groups in total. The molecule has 0 aromatic heterocycles. The summed E-state index contributed by atoms with van der Waals surface area (Å²) < 4.78 is 0. The minimum Gasteiger partial charge on any atom is -0.0842 e. The summed E-state index contributed by atoms with van der Waals surface area (Å²) in [6.45, 7) is 10.8. The van der Waals surface area contributed by atoms with Crippen LogP contribution in [0.3, 0.4) is 0 Å². The zero-order valence-corrected chi connectivity index (χ0v) is 12.2. The standard InChI is InChI=1S/C18H24/c1-6-8-12-17(7-2)15(4)16(5)18-13-10-9-11-14(18)3/h7-13H,6H2,1-5H3/b12-8+,16-15+,17-7+.